The molecule has 0 aliphatic carbocycles. The monoisotopic (exact) mass is 294 g/mol. The third kappa shape index (κ3) is 2.94. The topological polar surface area (TPSA) is 46.3 Å². The van der Waals surface area contributed by atoms with Crippen LogP contribution in [0.4, 0.5) is 0 Å². The fourth-order valence-corrected chi connectivity index (χ4v) is 3.06. The lowest BCUT2D eigenvalue weighted by molar-refractivity contribution is 0.0782. The van der Waals surface area contributed by atoms with Gasteiger partial charge in [0.1, 0.15) is 4.88 Å². The minimum absolute atomic E-state index is 0. The van der Waals surface area contributed by atoms with Gasteiger partial charge in [0.15, 0.2) is 0 Å². The summed E-state index contributed by atoms with van der Waals surface area (Å²) in [5.74, 6) is 0.0391. The maximum atomic E-state index is 12.1. The van der Waals surface area contributed by atoms with Crippen LogP contribution in [-0.2, 0) is 0 Å². The van der Waals surface area contributed by atoms with Crippen molar-refractivity contribution in [3.05, 3.63) is 21.3 Å². The second-order valence-electron chi connectivity index (χ2n) is 4.59. The van der Waals surface area contributed by atoms with E-state index in [1.165, 1.54) is 11.3 Å². The second-order valence-corrected chi connectivity index (χ2v) is 5.91. The Kier molecular flexibility index (Phi) is 4.84. The third-order valence-corrected chi connectivity index (χ3v) is 4.48. The molecule has 2 rings (SSSR count). The number of hydrogen-bond donors (Lipinski definition) is 1. The Bertz CT molecular complexity index is 410. The Hall–Kier alpha value is -0.290. The second kappa shape index (κ2) is 5.57. The molecule has 1 saturated heterocycles. The Labute approximate surface area is 116 Å². The van der Waals surface area contributed by atoms with Crippen LogP contribution in [0.15, 0.2) is 11.4 Å². The first kappa shape index (κ1) is 14.8. The summed E-state index contributed by atoms with van der Waals surface area (Å²) in [7, 11) is 0. The molecule has 6 heteroatoms. The molecule has 0 bridgehead atoms. The Balaban J connectivity index is 0.00000144. The van der Waals surface area contributed by atoms with Gasteiger partial charge in [-0.1, -0.05) is 18.5 Å². The summed E-state index contributed by atoms with van der Waals surface area (Å²) in [6.07, 6.45) is 0.970. The molecule has 3 nitrogen and oxygen atoms in total. The quantitative estimate of drug-likeness (QED) is 0.911. The number of halogens is 2. The molecule has 1 amide bonds. The zero-order valence-electron chi connectivity index (χ0n) is 9.61. The first-order valence-corrected chi connectivity index (χ1v) is 6.54. The van der Waals surface area contributed by atoms with E-state index >= 15 is 0 Å². The summed E-state index contributed by atoms with van der Waals surface area (Å²) in [5.41, 5.74) is 5.79. The molecule has 2 heterocycles. The molecular weight excluding hydrogens is 279 g/mol. The van der Waals surface area contributed by atoms with E-state index in [0.717, 1.165) is 19.5 Å². The van der Waals surface area contributed by atoms with Gasteiger partial charge in [0, 0.05) is 13.1 Å². The van der Waals surface area contributed by atoms with Gasteiger partial charge in [-0.15, -0.1) is 23.7 Å². The maximum absolute atomic E-state index is 12.1. The highest BCUT2D eigenvalue weighted by molar-refractivity contribution is 7.12. The van der Waals surface area contributed by atoms with Crippen LogP contribution in [0.2, 0.25) is 5.02 Å². The average molecular weight is 295 g/mol. The maximum Gasteiger partial charge on any atom is 0.265 e. The van der Waals surface area contributed by atoms with Crippen molar-refractivity contribution in [2.75, 3.05) is 19.6 Å². The summed E-state index contributed by atoms with van der Waals surface area (Å²) in [5, 5.41) is 2.39. The molecule has 1 aromatic rings. The molecule has 1 aliphatic heterocycles. The molecule has 2 N–H and O–H groups in total. The van der Waals surface area contributed by atoms with Crippen LogP contribution in [0.3, 0.4) is 0 Å². The van der Waals surface area contributed by atoms with Crippen molar-refractivity contribution in [1.82, 2.24) is 4.90 Å². The van der Waals surface area contributed by atoms with E-state index in [1.54, 1.807) is 6.07 Å². The fourth-order valence-electron chi connectivity index (χ4n) is 1.95. The number of thiophene rings is 1. The van der Waals surface area contributed by atoms with Gasteiger partial charge in [0.2, 0.25) is 0 Å². The van der Waals surface area contributed by atoms with Crippen LogP contribution in [0, 0.1) is 5.41 Å². The van der Waals surface area contributed by atoms with Crippen LogP contribution in [0.5, 0.6) is 0 Å². The molecule has 1 atom stereocenters. The molecule has 0 spiro atoms. The Morgan fingerprint density at radius 2 is 2.41 bits per heavy atom. The van der Waals surface area contributed by atoms with Gasteiger partial charge < -0.3 is 10.6 Å². The van der Waals surface area contributed by atoms with Gasteiger partial charge in [-0.2, -0.15) is 0 Å². The molecule has 1 aliphatic rings. The smallest absolute Gasteiger partial charge is 0.265 e. The first-order chi connectivity index (χ1) is 7.56. The van der Waals surface area contributed by atoms with Gasteiger partial charge in [0.25, 0.3) is 5.91 Å². The average Bonchev–Trinajstić information content (AvgIpc) is 2.85. The summed E-state index contributed by atoms with van der Waals surface area (Å²) in [6.45, 7) is 4.25. The number of amides is 1. The highest BCUT2D eigenvalue weighted by Gasteiger charge is 2.35. The number of hydrogen-bond acceptors (Lipinski definition) is 3. The van der Waals surface area contributed by atoms with E-state index in [4.69, 9.17) is 17.3 Å². The minimum atomic E-state index is 0. The number of nitrogens with zero attached hydrogens (tertiary/aromatic N) is 1. The van der Waals surface area contributed by atoms with Crippen molar-refractivity contribution in [1.29, 1.82) is 0 Å². The van der Waals surface area contributed by atoms with Crippen LogP contribution in [0.25, 0.3) is 0 Å². The fraction of sp³-hybridized carbons (Fsp3) is 0.545. The van der Waals surface area contributed by atoms with Crippen LogP contribution in [0.1, 0.15) is 23.0 Å². The zero-order valence-corrected chi connectivity index (χ0v) is 12.0. The zero-order chi connectivity index (χ0) is 11.8. The van der Waals surface area contributed by atoms with Gasteiger partial charge in [0.05, 0.1) is 5.02 Å². The highest BCUT2D eigenvalue weighted by Crippen LogP contribution is 2.31. The predicted molar refractivity (Wildman–Crippen MR) is 74.3 cm³/mol. The molecule has 96 valence electrons. The van der Waals surface area contributed by atoms with Crippen LogP contribution in [-0.4, -0.2) is 30.4 Å². The van der Waals surface area contributed by atoms with Crippen LogP contribution < -0.4 is 5.73 Å². The normalized spacial score (nSPS) is 23.6. The highest BCUT2D eigenvalue weighted by atomic mass is 35.5. The molecule has 0 radical (unpaired) electrons. The van der Waals surface area contributed by atoms with Crippen molar-refractivity contribution in [2.24, 2.45) is 11.1 Å². The van der Waals surface area contributed by atoms with E-state index in [0.29, 0.717) is 16.4 Å². The van der Waals surface area contributed by atoms with Crippen molar-refractivity contribution in [3.63, 3.8) is 0 Å². The van der Waals surface area contributed by atoms with E-state index in [-0.39, 0.29) is 23.7 Å². The van der Waals surface area contributed by atoms with Crippen molar-refractivity contribution in [3.8, 4) is 0 Å². The van der Waals surface area contributed by atoms with E-state index in [1.807, 2.05) is 10.3 Å². The van der Waals surface area contributed by atoms with Gasteiger partial charge in [-0.05, 0) is 29.8 Å². The Morgan fingerprint density at radius 3 is 2.88 bits per heavy atom. The van der Waals surface area contributed by atoms with E-state index in [2.05, 4.69) is 6.92 Å². The van der Waals surface area contributed by atoms with Gasteiger partial charge in [-0.3, -0.25) is 4.79 Å². The largest absolute Gasteiger partial charge is 0.337 e. The van der Waals surface area contributed by atoms with E-state index in [9.17, 15) is 4.79 Å². The summed E-state index contributed by atoms with van der Waals surface area (Å²) < 4.78 is 0. The number of likely N-dealkylation sites (tertiary alicyclic amines) is 1. The first-order valence-electron chi connectivity index (χ1n) is 5.28. The lowest BCUT2D eigenvalue weighted by Crippen LogP contribution is -2.34. The molecule has 0 aromatic carbocycles. The molecular formula is C11H16Cl2N2OS. The van der Waals surface area contributed by atoms with Gasteiger partial charge in [-0.25, -0.2) is 0 Å². The third-order valence-electron chi connectivity index (χ3n) is 3.15. The summed E-state index contributed by atoms with van der Waals surface area (Å²) in [6, 6.07) is 1.76. The van der Waals surface area contributed by atoms with Gasteiger partial charge >= 0.3 is 0 Å². The molecule has 17 heavy (non-hydrogen) atoms. The number of nitrogens with two attached hydrogens (primary N) is 1. The predicted octanol–water partition coefficient (Wildman–Crippen LogP) is 2.63. The SMILES string of the molecule is CC1(CN)CCN(C(=O)c2sccc2Cl)C1.Cl. The lowest BCUT2D eigenvalue weighted by Gasteiger charge is -2.22. The number of carbonyl (C=O) groups is 1. The molecule has 1 unspecified atom stereocenters. The molecule has 1 aromatic heterocycles. The summed E-state index contributed by atoms with van der Waals surface area (Å²) >= 11 is 7.35. The van der Waals surface area contributed by atoms with Crippen molar-refractivity contribution in [2.45, 2.75) is 13.3 Å². The van der Waals surface area contributed by atoms with Crippen molar-refractivity contribution >= 4 is 41.3 Å². The number of rotatable bonds is 2. The minimum Gasteiger partial charge on any atom is -0.337 e. The molecule has 0 saturated carbocycles. The molecule has 1 fully saturated rings. The van der Waals surface area contributed by atoms with E-state index < -0.39 is 0 Å². The standard InChI is InChI=1S/C11H15ClN2OS.ClH/c1-11(6-13)3-4-14(7-11)10(15)9-8(12)2-5-16-9;/h2,5H,3-4,6-7,13H2,1H3;1H. The van der Waals surface area contributed by atoms with Crippen molar-refractivity contribution < 1.29 is 4.79 Å². The summed E-state index contributed by atoms with van der Waals surface area (Å²) in [4.78, 5) is 14.6. The number of carbonyl (C=O) groups excluding carboxylic acids is 1. The van der Waals surface area contributed by atoms with Crippen LogP contribution >= 0.6 is 35.3 Å². The lowest BCUT2D eigenvalue weighted by atomic mass is 9.90. The Morgan fingerprint density at radius 1 is 1.71 bits per heavy atom.